The maximum atomic E-state index is 12.7. The van der Waals surface area contributed by atoms with Crippen LogP contribution in [0.15, 0.2) is 48.8 Å². The van der Waals surface area contributed by atoms with Crippen LogP contribution in [-0.2, 0) is 0 Å². The molecule has 0 saturated heterocycles. The quantitative estimate of drug-likeness (QED) is 0.725. The van der Waals surface area contributed by atoms with Crippen molar-refractivity contribution in [1.82, 2.24) is 10.2 Å². The molecule has 4 nitrogen and oxygen atoms in total. The van der Waals surface area contributed by atoms with Crippen molar-refractivity contribution >= 4 is 22.4 Å². The van der Waals surface area contributed by atoms with Gasteiger partial charge in [-0.2, -0.15) is 10.2 Å². The molecule has 0 bridgehead atoms. The Bertz CT molecular complexity index is 858. The Morgan fingerprint density at radius 3 is 2.36 bits per heavy atom. The third kappa shape index (κ3) is 2.55. The largest absolute Gasteiger partial charge is 0.311 e. The number of aryl methyl sites for hydroxylation is 2. The second-order valence-electron chi connectivity index (χ2n) is 5.47. The summed E-state index contributed by atoms with van der Waals surface area (Å²) in [5, 5.41) is 9.59. The molecule has 0 aliphatic rings. The standard InChI is InChI=1S/C18H17N3O/c1-12-4-7-17(8-13(12)2)21(3)18(22)14-5-6-15-10-19-20-11-16(15)9-14/h4-11H,1-3H3. The van der Waals surface area contributed by atoms with Gasteiger partial charge in [0.15, 0.2) is 0 Å². The van der Waals surface area contributed by atoms with Crippen molar-refractivity contribution in [2.45, 2.75) is 13.8 Å². The maximum Gasteiger partial charge on any atom is 0.258 e. The zero-order valence-corrected chi connectivity index (χ0v) is 12.9. The molecule has 0 aliphatic heterocycles. The van der Waals surface area contributed by atoms with Crippen LogP contribution in [0.3, 0.4) is 0 Å². The highest BCUT2D eigenvalue weighted by atomic mass is 16.2. The van der Waals surface area contributed by atoms with Gasteiger partial charge in [-0.25, -0.2) is 0 Å². The minimum atomic E-state index is -0.0398. The first kappa shape index (κ1) is 14.2. The fourth-order valence-corrected chi connectivity index (χ4v) is 2.37. The highest BCUT2D eigenvalue weighted by Gasteiger charge is 2.14. The number of benzene rings is 2. The van der Waals surface area contributed by atoms with E-state index in [-0.39, 0.29) is 5.91 Å². The van der Waals surface area contributed by atoms with Crippen molar-refractivity contribution < 1.29 is 4.79 Å². The van der Waals surface area contributed by atoms with Crippen LogP contribution in [0.2, 0.25) is 0 Å². The normalized spacial score (nSPS) is 10.7. The highest BCUT2D eigenvalue weighted by molar-refractivity contribution is 6.07. The molecule has 1 heterocycles. The van der Waals surface area contributed by atoms with Crippen molar-refractivity contribution in [3.05, 3.63) is 65.5 Å². The number of anilines is 1. The minimum Gasteiger partial charge on any atom is -0.311 e. The lowest BCUT2D eigenvalue weighted by molar-refractivity contribution is 0.0993. The SMILES string of the molecule is Cc1ccc(N(C)C(=O)c2ccc3cnncc3c2)cc1C. The summed E-state index contributed by atoms with van der Waals surface area (Å²) in [6.07, 6.45) is 3.36. The van der Waals surface area contributed by atoms with Crippen LogP contribution in [0.4, 0.5) is 5.69 Å². The summed E-state index contributed by atoms with van der Waals surface area (Å²) in [6, 6.07) is 11.6. The van der Waals surface area contributed by atoms with Crippen LogP contribution < -0.4 is 4.90 Å². The summed E-state index contributed by atoms with van der Waals surface area (Å²) in [5.74, 6) is -0.0398. The van der Waals surface area contributed by atoms with Gasteiger partial charge in [-0.05, 0) is 49.2 Å². The molecule has 3 aromatic rings. The minimum absolute atomic E-state index is 0.0398. The topological polar surface area (TPSA) is 46.1 Å². The Morgan fingerprint density at radius 2 is 1.64 bits per heavy atom. The third-order valence-electron chi connectivity index (χ3n) is 3.98. The lowest BCUT2D eigenvalue weighted by Gasteiger charge is -2.18. The van der Waals surface area contributed by atoms with E-state index in [0.29, 0.717) is 5.56 Å². The molecular weight excluding hydrogens is 274 g/mol. The number of hydrogen-bond acceptors (Lipinski definition) is 3. The molecule has 0 spiro atoms. The van der Waals surface area contributed by atoms with E-state index in [1.165, 1.54) is 11.1 Å². The molecule has 110 valence electrons. The number of carbonyl (C=O) groups excluding carboxylic acids is 1. The predicted molar refractivity (Wildman–Crippen MR) is 88.2 cm³/mol. The van der Waals surface area contributed by atoms with E-state index in [2.05, 4.69) is 17.1 Å². The molecule has 0 fully saturated rings. The molecular formula is C18H17N3O. The monoisotopic (exact) mass is 291 g/mol. The van der Waals surface area contributed by atoms with Gasteiger partial charge in [0.25, 0.3) is 5.91 Å². The summed E-state index contributed by atoms with van der Waals surface area (Å²) in [7, 11) is 1.79. The molecule has 1 aromatic heterocycles. The van der Waals surface area contributed by atoms with E-state index in [1.807, 2.05) is 43.3 Å². The van der Waals surface area contributed by atoms with Crippen molar-refractivity contribution in [1.29, 1.82) is 0 Å². The van der Waals surface area contributed by atoms with Crippen molar-refractivity contribution in [3.63, 3.8) is 0 Å². The second-order valence-corrected chi connectivity index (χ2v) is 5.47. The van der Waals surface area contributed by atoms with Crippen molar-refractivity contribution in [2.75, 3.05) is 11.9 Å². The van der Waals surface area contributed by atoms with E-state index in [0.717, 1.165) is 16.5 Å². The van der Waals surface area contributed by atoms with Crippen LogP contribution in [0.25, 0.3) is 10.8 Å². The van der Waals surface area contributed by atoms with Gasteiger partial charge in [-0.1, -0.05) is 12.1 Å². The van der Waals surface area contributed by atoms with Gasteiger partial charge < -0.3 is 4.90 Å². The molecule has 1 amide bonds. The Morgan fingerprint density at radius 1 is 0.909 bits per heavy atom. The Kier molecular flexibility index (Phi) is 3.59. The lowest BCUT2D eigenvalue weighted by Crippen LogP contribution is -2.26. The van der Waals surface area contributed by atoms with Crippen molar-refractivity contribution in [2.24, 2.45) is 0 Å². The van der Waals surface area contributed by atoms with E-state index < -0.39 is 0 Å². The Balaban J connectivity index is 1.95. The molecule has 0 saturated carbocycles. The van der Waals surface area contributed by atoms with Crippen LogP contribution in [-0.4, -0.2) is 23.2 Å². The van der Waals surface area contributed by atoms with Gasteiger partial charge in [0.2, 0.25) is 0 Å². The summed E-state index contributed by atoms with van der Waals surface area (Å²) >= 11 is 0. The first-order valence-corrected chi connectivity index (χ1v) is 7.12. The van der Waals surface area contributed by atoms with Gasteiger partial charge >= 0.3 is 0 Å². The zero-order chi connectivity index (χ0) is 15.7. The highest BCUT2D eigenvalue weighted by Crippen LogP contribution is 2.21. The van der Waals surface area contributed by atoms with Gasteiger partial charge in [0.1, 0.15) is 0 Å². The molecule has 0 unspecified atom stereocenters. The van der Waals surface area contributed by atoms with Crippen LogP contribution in [0, 0.1) is 13.8 Å². The Hall–Kier alpha value is -2.75. The van der Waals surface area contributed by atoms with Crippen LogP contribution >= 0.6 is 0 Å². The molecule has 0 aliphatic carbocycles. The summed E-state index contributed by atoms with van der Waals surface area (Å²) in [4.78, 5) is 14.3. The van der Waals surface area contributed by atoms with E-state index >= 15 is 0 Å². The third-order valence-corrected chi connectivity index (χ3v) is 3.98. The number of nitrogens with zero attached hydrogens (tertiary/aromatic N) is 3. The predicted octanol–water partition coefficient (Wildman–Crippen LogP) is 3.52. The summed E-state index contributed by atoms with van der Waals surface area (Å²) in [6.45, 7) is 4.11. The number of hydrogen-bond donors (Lipinski definition) is 0. The molecule has 0 N–H and O–H groups in total. The number of carbonyl (C=O) groups is 1. The van der Waals surface area contributed by atoms with Gasteiger partial charge in [-0.3, -0.25) is 4.79 Å². The molecule has 2 aromatic carbocycles. The summed E-state index contributed by atoms with van der Waals surface area (Å²) < 4.78 is 0. The molecule has 4 heteroatoms. The smallest absolute Gasteiger partial charge is 0.258 e. The first-order chi connectivity index (χ1) is 10.6. The van der Waals surface area contributed by atoms with Crippen molar-refractivity contribution in [3.8, 4) is 0 Å². The average Bonchev–Trinajstić information content (AvgIpc) is 2.55. The van der Waals surface area contributed by atoms with E-state index in [9.17, 15) is 4.79 Å². The Labute approximate surface area is 129 Å². The summed E-state index contributed by atoms with van der Waals surface area (Å²) in [5.41, 5.74) is 3.92. The fourth-order valence-electron chi connectivity index (χ4n) is 2.37. The van der Waals surface area contributed by atoms with Gasteiger partial charge in [-0.15, -0.1) is 0 Å². The average molecular weight is 291 g/mol. The van der Waals surface area contributed by atoms with Gasteiger partial charge in [0.05, 0.1) is 12.4 Å². The number of rotatable bonds is 2. The molecule has 0 radical (unpaired) electrons. The van der Waals surface area contributed by atoms with E-state index in [4.69, 9.17) is 0 Å². The molecule has 3 rings (SSSR count). The molecule has 22 heavy (non-hydrogen) atoms. The fraction of sp³-hybridized carbons (Fsp3) is 0.167. The lowest BCUT2D eigenvalue weighted by atomic mass is 10.1. The first-order valence-electron chi connectivity index (χ1n) is 7.12. The maximum absolute atomic E-state index is 12.7. The number of aromatic nitrogens is 2. The molecule has 0 atom stereocenters. The van der Waals surface area contributed by atoms with Crippen LogP contribution in [0.5, 0.6) is 0 Å². The second kappa shape index (κ2) is 5.56. The number of amides is 1. The zero-order valence-electron chi connectivity index (χ0n) is 12.9. The van der Waals surface area contributed by atoms with Gasteiger partial charge in [0, 0.05) is 29.1 Å². The van der Waals surface area contributed by atoms with Crippen LogP contribution in [0.1, 0.15) is 21.5 Å². The van der Waals surface area contributed by atoms with E-state index in [1.54, 1.807) is 24.3 Å². The number of fused-ring (bicyclic) bond motifs is 1.